The van der Waals surface area contributed by atoms with E-state index in [-0.39, 0.29) is 18.2 Å². The molecule has 3 aromatic rings. The molecule has 1 fully saturated rings. The lowest BCUT2D eigenvalue weighted by Gasteiger charge is -2.32. The number of amidine groups is 1. The van der Waals surface area contributed by atoms with Crippen molar-refractivity contribution in [2.24, 2.45) is 4.99 Å². The molecule has 0 saturated carbocycles. The van der Waals surface area contributed by atoms with Gasteiger partial charge in [0, 0.05) is 28.7 Å². The van der Waals surface area contributed by atoms with E-state index in [1.165, 1.54) is 11.8 Å². The Kier molecular flexibility index (Phi) is 8.33. The molecule has 1 saturated heterocycles. The van der Waals surface area contributed by atoms with Gasteiger partial charge in [0.25, 0.3) is 0 Å². The smallest absolute Gasteiger partial charge is 0.238 e. The number of halogens is 2. The van der Waals surface area contributed by atoms with E-state index >= 15 is 0 Å². The van der Waals surface area contributed by atoms with Gasteiger partial charge in [-0.1, -0.05) is 65.3 Å². The zero-order valence-electron chi connectivity index (χ0n) is 18.9. The second-order valence-electron chi connectivity index (χ2n) is 7.83. The SMILES string of the molecule is COc1ccc(CCN2C(=O)CC(C(=O)Nc3cc(Cl)cc(Cl)c3)SC2=Nc2ccccc2)cc1. The molecule has 0 aliphatic carbocycles. The summed E-state index contributed by atoms with van der Waals surface area (Å²) in [5.74, 6) is 0.313. The third-order valence-electron chi connectivity index (χ3n) is 5.33. The predicted octanol–water partition coefficient (Wildman–Crippen LogP) is 6.21. The van der Waals surface area contributed by atoms with E-state index in [0.29, 0.717) is 39.6 Å². The minimum absolute atomic E-state index is 0.0568. The molecular weight excluding hydrogens is 505 g/mol. The van der Waals surface area contributed by atoms with Crippen LogP contribution in [0.3, 0.4) is 0 Å². The summed E-state index contributed by atoms with van der Waals surface area (Å²) in [4.78, 5) is 32.6. The highest BCUT2D eigenvalue weighted by molar-refractivity contribution is 8.15. The number of ether oxygens (including phenoxy) is 1. The second-order valence-corrected chi connectivity index (χ2v) is 9.87. The van der Waals surface area contributed by atoms with Crippen molar-refractivity contribution in [2.45, 2.75) is 18.1 Å². The third-order valence-corrected chi connectivity index (χ3v) is 6.95. The van der Waals surface area contributed by atoms with Gasteiger partial charge in [0.2, 0.25) is 11.8 Å². The monoisotopic (exact) mass is 527 g/mol. The lowest BCUT2D eigenvalue weighted by atomic mass is 10.1. The average molecular weight is 528 g/mol. The molecule has 1 unspecified atom stereocenters. The van der Waals surface area contributed by atoms with E-state index < -0.39 is 5.25 Å². The van der Waals surface area contributed by atoms with E-state index in [1.807, 2.05) is 54.6 Å². The molecule has 1 aliphatic heterocycles. The number of nitrogens with zero attached hydrogens (tertiary/aromatic N) is 2. The molecule has 9 heteroatoms. The average Bonchev–Trinajstić information content (AvgIpc) is 2.83. The van der Waals surface area contributed by atoms with Gasteiger partial charge >= 0.3 is 0 Å². The van der Waals surface area contributed by atoms with Gasteiger partial charge < -0.3 is 10.1 Å². The Hall–Kier alpha value is -3.00. The number of carbonyl (C=O) groups is 2. The first-order chi connectivity index (χ1) is 16.9. The summed E-state index contributed by atoms with van der Waals surface area (Å²) in [5.41, 5.74) is 2.25. The molecule has 1 N–H and O–H groups in total. The van der Waals surface area contributed by atoms with E-state index in [9.17, 15) is 9.59 Å². The van der Waals surface area contributed by atoms with Gasteiger partial charge in [-0.15, -0.1) is 0 Å². The molecule has 180 valence electrons. The summed E-state index contributed by atoms with van der Waals surface area (Å²) in [5, 5.41) is 3.49. The Labute approximate surface area is 218 Å². The first kappa shape index (κ1) is 25.1. The summed E-state index contributed by atoms with van der Waals surface area (Å²) in [7, 11) is 1.62. The molecule has 3 aromatic carbocycles. The van der Waals surface area contributed by atoms with Crippen LogP contribution in [0, 0.1) is 0 Å². The molecule has 35 heavy (non-hydrogen) atoms. The molecule has 4 rings (SSSR count). The minimum Gasteiger partial charge on any atom is -0.497 e. The summed E-state index contributed by atoms with van der Waals surface area (Å²) in [6.07, 6.45) is 0.698. The molecule has 1 heterocycles. The topological polar surface area (TPSA) is 71.0 Å². The van der Waals surface area contributed by atoms with Crippen molar-refractivity contribution in [1.29, 1.82) is 0 Å². The van der Waals surface area contributed by atoms with Crippen molar-refractivity contribution in [3.05, 3.63) is 88.4 Å². The highest BCUT2D eigenvalue weighted by Gasteiger charge is 2.35. The van der Waals surface area contributed by atoms with Crippen LogP contribution in [-0.2, 0) is 16.0 Å². The molecule has 6 nitrogen and oxygen atoms in total. The van der Waals surface area contributed by atoms with E-state index in [1.54, 1.807) is 30.2 Å². The molecule has 1 aliphatic rings. The Balaban J connectivity index is 1.53. The lowest BCUT2D eigenvalue weighted by molar-refractivity contribution is -0.129. The number of amides is 2. The van der Waals surface area contributed by atoms with Crippen LogP contribution >= 0.6 is 35.0 Å². The number of para-hydroxylation sites is 1. The first-order valence-corrected chi connectivity index (χ1v) is 12.6. The minimum atomic E-state index is -0.639. The van der Waals surface area contributed by atoms with E-state index in [2.05, 4.69) is 5.32 Å². The van der Waals surface area contributed by atoms with Crippen LogP contribution in [0.2, 0.25) is 10.0 Å². The number of thioether (sulfide) groups is 1. The summed E-state index contributed by atoms with van der Waals surface area (Å²) in [6.45, 7) is 0.446. The molecule has 0 aromatic heterocycles. The maximum Gasteiger partial charge on any atom is 0.238 e. The molecule has 0 spiro atoms. The quantitative estimate of drug-likeness (QED) is 0.396. The van der Waals surface area contributed by atoms with Gasteiger partial charge in [-0.3, -0.25) is 14.5 Å². The molecular formula is C26H23Cl2N3O3S. The number of nitrogens with one attached hydrogen (secondary N) is 1. The number of benzene rings is 3. The number of aliphatic imine (C=N–C) groups is 1. The number of anilines is 1. The van der Waals surface area contributed by atoms with Gasteiger partial charge in [0.1, 0.15) is 11.0 Å². The van der Waals surface area contributed by atoms with Gasteiger partial charge in [-0.05, 0) is 54.4 Å². The van der Waals surface area contributed by atoms with Crippen molar-refractivity contribution < 1.29 is 14.3 Å². The van der Waals surface area contributed by atoms with Gasteiger partial charge in [0.05, 0.1) is 12.8 Å². The third kappa shape index (κ3) is 6.78. The number of carbonyl (C=O) groups excluding carboxylic acids is 2. The van der Waals surface area contributed by atoms with Crippen LogP contribution in [-0.4, -0.2) is 40.8 Å². The molecule has 0 radical (unpaired) electrons. The van der Waals surface area contributed by atoms with Crippen LogP contribution in [0.5, 0.6) is 5.75 Å². The zero-order chi connectivity index (χ0) is 24.8. The predicted molar refractivity (Wildman–Crippen MR) is 143 cm³/mol. The first-order valence-electron chi connectivity index (χ1n) is 10.9. The van der Waals surface area contributed by atoms with Crippen LogP contribution in [0.4, 0.5) is 11.4 Å². The van der Waals surface area contributed by atoms with Crippen LogP contribution in [0.25, 0.3) is 0 Å². The number of hydrogen-bond donors (Lipinski definition) is 1. The normalized spacial score (nSPS) is 16.9. The molecule has 2 amide bonds. The largest absolute Gasteiger partial charge is 0.497 e. The number of hydrogen-bond acceptors (Lipinski definition) is 5. The maximum atomic E-state index is 13.2. The highest BCUT2D eigenvalue weighted by Crippen LogP contribution is 2.31. The van der Waals surface area contributed by atoms with Crippen LogP contribution in [0.15, 0.2) is 77.8 Å². The van der Waals surface area contributed by atoms with Crippen LogP contribution in [0.1, 0.15) is 12.0 Å². The van der Waals surface area contributed by atoms with Crippen LogP contribution < -0.4 is 10.1 Å². The number of methoxy groups -OCH3 is 1. The van der Waals surface area contributed by atoms with E-state index in [4.69, 9.17) is 32.9 Å². The summed E-state index contributed by atoms with van der Waals surface area (Å²) < 4.78 is 5.21. The summed E-state index contributed by atoms with van der Waals surface area (Å²) in [6, 6.07) is 21.9. The fraction of sp³-hybridized carbons (Fsp3) is 0.192. The fourth-order valence-electron chi connectivity index (χ4n) is 3.56. The molecule has 1 atom stereocenters. The van der Waals surface area contributed by atoms with Crippen molar-refractivity contribution in [1.82, 2.24) is 4.90 Å². The Morgan fingerprint density at radius 2 is 1.77 bits per heavy atom. The maximum absolute atomic E-state index is 13.2. The van der Waals surface area contributed by atoms with Crippen molar-refractivity contribution in [2.75, 3.05) is 19.0 Å². The lowest BCUT2D eigenvalue weighted by Crippen LogP contribution is -2.46. The van der Waals surface area contributed by atoms with Crippen molar-refractivity contribution in [3.8, 4) is 5.75 Å². The Morgan fingerprint density at radius 3 is 2.43 bits per heavy atom. The zero-order valence-corrected chi connectivity index (χ0v) is 21.2. The van der Waals surface area contributed by atoms with Gasteiger partial charge in [0.15, 0.2) is 5.17 Å². The van der Waals surface area contributed by atoms with Crippen molar-refractivity contribution in [3.63, 3.8) is 0 Å². The highest BCUT2D eigenvalue weighted by atomic mass is 35.5. The Morgan fingerprint density at radius 1 is 1.09 bits per heavy atom. The standard InChI is InChI=1S/C26H23Cl2N3O3S/c1-34-22-9-7-17(8-10-22)11-12-31-24(32)16-23(35-26(31)30-20-5-3-2-4-6-20)25(33)29-21-14-18(27)13-19(28)15-21/h2-10,13-15,23H,11-12,16H2,1H3,(H,29,33). The molecule has 0 bridgehead atoms. The van der Waals surface area contributed by atoms with Crippen molar-refractivity contribution >= 4 is 63.3 Å². The fourth-order valence-corrected chi connectivity index (χ4v) is 5.21. The Bertz CT molecular complexity index is 1220. The number of rotatable bonds is 7. The van der Waals surface area contributed by atoms with E-state index in [0.717, 1.165) is 11.3 Å². The second kappa shape index (κ2) is 11.6. The van der Waals surface area contributed by atoms with Gasteiger partial charge in [-0.25, -0.2) is 4.99 Å². The summed E-state index contributed by atoms with van der Waals surface area (Å²) >= 11 is 13.4. The van der Waals surface area contributed by atoms with Gasteiger partial charge in [-0.2, -0.15) is 0 Å².